The summed E-state index contributed by atoms with van der Waals surface area (Å²) in [4.78, 5) is 15.7. The van der Waals surface area contributed by atoms with Gasteiger partial charge in [0.2, 0.25) is 5.91 Å². The molecule has 1 aromatic carbocycles. The third-order valence-corrected chi connectivity index (χ3v) is 4.49. The molecule has 22 heavy (non-hydrogen) atoms. The van der Waals surface area contributed by atoms with Crippen molar-refractivity contribution in [3.05, 3.63) is 41.6 Å². The summed E-state index contributed by atoms with van der Waals surface area (Å²) in [6, 6.07) is 7.82. The van der Waals surface area contributed by atoms with E-state index in [1.807, 2.05) is 18.2 Å². The summed E-state index contributed by atoms with van der Waals surface area (Å²) in [7, 11) is 0. The van der Waals surface area contributed by atoms with E-state index >= 15 is 0 Å². The molecule has 3 heterocycles. The maximum Gasteiger partial charge on any atom is 0.225 e. The number of nitrogens with one attached hydrogen (secondary N) is 1. The van der Waals surface area contributed by atoms with Crippen LogP contribution in [0.2, 0.25) is 0 Å². The summed E-state index contributed by atoms with van der Waals surface area (Å²) < 4.78 is 11.8. The number of benzene rings is 1. The SMILES string of the molecule is O=C1CCc2c(Oc3ccc4c(c3)[C@H]3CC3O4)ccnc2N1. The van der Waals surface area contributed by atoms with Crippen LogP contribution in [0.25, 0.3) is 0 Å². The Morgan fingerprint density at radius 3 is 3.18 bits per heavy atom. The third kappa shape index (κ3) is 1.78. The van der Waals surface area contributed by atoms with Crippen molar-refractivity contribution in [2.75, 3.05) is 5.32 Å². The van der Waals surface area contributed by atoms with E-state index < -0.39 is 0 Å². The van der Waals surface area contributed by atoms with Gasteiger partial charge in [0.05, 0.1) is 0 Å². The second-order valence-electron chi connectivity index (χ2n) is 5.98. The number of rotatable bonds is 2. The summed E-state index contributed by atoms with van der Waals surface area (Å²) in [6.45, 7) is 0. The molecule has 2 atom stereocenters. The van der Waals surface area contributed by atoms with E-state index in [0.717, 1.165) is 29.2 Å². The van der Waals surface area contributed by atoms with Gasteiger partial charge in [-0.3, -0.25) is 4.79 Å². The molecule has 2 aromatic rings. The standard InChI is InChI=1S/C17H14N2O3/c20-16-4-2-10-14(5-6-18-17(10)19-16)21-9-1-3-13-11(7-9)12-8-15(12)22-13/h1,3,5-7,12,15H,2,4,8H2,(H,18,19,20)/t12-,15?/m1/s1. The highest BCUT2D eigenvalue weighted by Gasteiger charge is 2.48. The molecule has 1 fully saturated rings. The predicted octanol–water partition coefficient (Wildman–Crippen LogP) is 3.01. The van der Waals surface area contributed by atoms with Crippen LogP contribution in [0.1, 0.15) is 29.9 Å². The number of fused-ring (bicyclic) bond motifs is 4. The maximum absolute atomic E-state index is 11.5. The Morgan fingerprint density at radius 2 is 2.23 bits per heavy atom. The van der Waals surface area contributed by atoms with Crippen LogP contribution in [-0.4, -0.2) is 17.0 Å². The zero-order valence-corrected chi connectivity index (χ0v) is 11.8. The minimum atomic E-state index is 0.00612. The Labute approximate surface area is 127 Å². The molecule has 1 aromatic heterocycles. The van der Waals surface area contributed by atoms with E-state index in [0.29, 0.717) is 30.7 Å². The summed E-state index contributed by atoms with van der Waals surface area (Å²) in [5.41, 5.74) is 2.21. The lowest BCUT2D eigenvalue weighted by Crippen LogP contribution is -2.20. The maximum atomic E-state index is 11.5. The van der Waals surface area contributed by atoms with Crippen molar-refractivity contribution >= 4 is 11.7 Å². The number of hydrogen-bond acceptors (Lipinski definition) is 4. The van der Waals surface area contributed by atoms with E-state index in [4.69, 9.17) is 9.47 Å². The summed E-state index contributed by atoms with van der Waals surface area (Å²) in [5.74, 6) is 3.71. The number of aromatic nitrogens is 1. The van der Waals surface area contributed by atoms with Gasteiger partial charge in [0.1, 0.15) is 29.2 Å². The van der Waals surface area contributed by atoms with Gasteiger partial charge < -0.3 is 14.8 Å². The highest BCUT2D eigenvalue weighted by Crippen LogP contribution is 2.54. The van der Waals surface area contributed by atoms with Crippen molar-refractivity contribution in [2.45, 2.75) is 31.3 Å². The van der Waals surface area contributed by atoms with Crippen molar-refractivity contribution in [1.29, 1.82) is 0 Å². The van der Waals surface area contributed by atoms with Crippen LogP contribution in [-0.2, 0) is 11.2 Å². The molecular formula is C17H14N2O3. The number of nitrogens with zero attached hydrogens (tertiary/aromatic N) is 1. The smallest absolute Gasteiger partial charge is 0.225 e. The first kappa shape index (κ1) is 12.0. The van der Waals surface area contributed by atoms with E-state index in [9.17, 15) is 4.79 Å². The normalized spacial score (nSPS) is 23.7. The predicted molar refractivity (Wildman–Crippen MR) is 79.5 cm³/mol. The van der Waals surface area contributed by atoms with Crippen molar-refractivity contribution in [3.63, 3.8) is 0 Å². The molecule has 0 radical (unpaired) electrons. The third-order valence-electron chi connectivity index (χ3n) is 4.49. The number of pyridine rings is 1. The monoisotopic (exact) mass is 294 g/mol. The molecular weight excluding hydrogens is 280 g/mol. The van der Waals surface area contributed by atoms with Gasteiger partial charge in [-0.05, 0) is 37.1 Å². The molecule has 5 rings (SSSR count). The van der Waals surface area contributed by atoms with Gasteiger partial charge in [-0.25, -0.2) is 4.98 Å². The minimum absolute atomic E-state index is 0.00612. The van der Waals surface area contributed by atoms with Crippen molar-refractivity contribution in [3.8, 4) is 17.2 Å². The number of amides is 1. The quantitative estimate of drug-likeness (QED) is 0.925. The molecule has 3 aliphatic rings. The van der Waals surface area contributed by atoms with Gasteiger partial charge in [0.15, 0.2) is 0 Å². The van der Waals surface area contributed by atoms with E-state index in [1.54, 1.807) is 6.20 Å². The highest BCUT2D eigenvalue weighted by molar-refractivity contribution is 5.93. The zero-order valence-electron chi connectivity index (χ0n) is 11.8. The molecule has 0 bridgehead atoms. The fraction of sp³-hybridized carbons (Fsp3) is 0.294. The fourth-order valence-corrected chi connectivity index (χ4v) is 3.26. The first-order valence-corrected chi connectivity index (χ1v) is 7.54. The lowest BCUT2D eigenvalue weighted by atomic mass is 10.1. The van der Waals surface area contributed by atoms with Crippen molar-refractivity contribution < 1.29 is 14.3 Å². The van der Waals surface area contributed by atoms with Gasteiger partial charge in [0, 0.05) is 29.7 Å². The Balaban J connectivity index is 1.48. The van der Waals surface area contributed by atoms with E-state index in [1.165, 1.54) is 5.56 Å². The lowest BCUT2D eigenvalue weighted by Gasteiger charge is -2.19. The molecule has 1 aliphatic carbocycles. The second kappa shape index (κ2) is 4.22. The number of carbonyl (C=O) groups excluding carboxylic acids is 1. The molecule has 1 N–H and O–H groups in total. The first-order valence-electron chi connectivity index (χ1n) is 7.54. The average Bonchev–Trinajstić information content (AvgIpc) is 3.20. The summed E-state index contributed by atoms with van der Waals surface area (Å²) >= 11 is 0. The van der Waals surface area contributed by atoms with Gasteiger partial charge >= 0.3 is 0 Å². The topological polar surface area (TPSA) is 60.5 Å². The molecule has 1 saturated carbocycles. The van der Waals surface area contributed by atoms with Gasteiger partial charge in [-0.1, -0.05) is 0 Å². The van der Waals surface area contributed by atoms with Crippen LogP contribution in [0.15, 0.2) is 30.5 Å². The van der Waals surface area contributed by atoms with Crippen LogP contribution < -0.4 is 14.8 Å². The average molecular weight is 294 g/mol. The van der Waals surface area contributed by atoms with Gasteiger partial charge in [0.25, 0.3) is 0 Å². The molecule has 0 spiro atoms. The molecule has 110 valence electrons. The molecule has 1 unspecified atom stereocenters. The molecule has 5 heteroatoms. The highest BCUT2D eigenvalue weighted by atomic mass is 16.5. The second-order valence-corrected chi connectivity index (χ2v) is 5.98. The number of ether oxygens (including phenoxy) is 2. The first-order chi connectivity index (χ1) is 10.8. The van der Waals surface area contributed by atoms with Crippen molar-refractivity contribution in [2.24, 2.45) is 0 Å². The van der Waals surface area contributed by atoms with E-state index in [2.05, 4.69) is 16.4 Å². The fourth-order valence-electron chi connectivity index (χ4n) is 3.26. The number of carbonyl (C=O) groups is 1. The Hall–Kier alpha value is -2.56. The van der Waals surface area contributed by atoms with Crippen LogP contribution in [0.4, 0.5) is 5.82 Å². The number of hydrogen-bond donors (Lipinski definition) is 1. The van der Waals surface area contributed by atoms with Gasteiger partial charge in [-0.2, -0.15) is 0 Å². The summed E-state index contributed by atoms with van der Waals surface area (Å²) in [5, 5.41) is 2.79. The van der Waals surface area contributed by atoms with Crippen molar-refractivity contribution in [1.82, 2.24) is 4.98 Å². The largest absolute Gasteiger partial charge is 0.489 e. The Kier molecular flexibility index (Phi) is 2.31. The van der Waals surface area contributed by atoms with Crippen LogP contribution in [0.3, 0.4) is 0 Å². The van der Waals surface area contributed by atoms with Crippen LogP contribution in [0, 0.1) is 0 Å². The molecule has 2 aliphatic heterocycles. The summed E-state index contributed by atoms with van der Waals surface area (Å²) in [6.07, 6.45) is 4.29. The Morgan fingerprint density at radius 1 is 1.27 bits per heavy atom. The van der Waals surface area contributed by atoms with Gasteiger partial charge in [-0.15, -0.1) is 0 Å². The molecule has 1 amide bonds. The van der Waals surface area contributed by atoms with Crippen LogP contribution in [0.5, 0.6) is 17.2 Å². The molecule has 0 saturated heterocycles. The van der Waals surface area contributed by atoms with E-state index in [-0.39, 0.29) is 5.91 Å². The lowest BCUT2D eigenvalue weighted by molar-refractivity contribution is -0.116. The minimum Gasteiger partial charge on any atom is -0.489 e. The van der Waals surface area contributed by atoms with Crippen LogP contribution >= 0.6 is 0 Å². The molecule has 5 nitrogen and oxygen atoms in total. The Bertz CT molecular complexity index is 802. The number of anilines is 1. The zero-order chi connectivity index (χ0) is 14.7.